The summed E-state index contributed by atoms with van der Waals surface area (Å²) in [4.78, 5) is 24.2. The summed E-state index contributed by atoms with van der Waals surface area (Å²) in [6.45, 7) is 9.25. The van der Waals surface area contributed by atoms with Gasteiger partial charge in [0.25, 0.3) is 0 Å². The fourth-order valence-electron chi connectivity index (χ4n) is 2.51. The topological polar surface area (TPSA) is 67.4 Å². The molecule has 0 aromatic carbocycles. The molecule has 0 unspecified atom stereocenters. The van der Waals surface area contributed by atoms with Crippen LogP contribution in [0.25, 0.3) is 0 Å². The number of ether oxygens (including phenoxy) is 1. The molecule has 1 atom stereocenters. The van der Waals surface area contributed by atoms with Gasteiger partial charge >= 0.3 is 6.09 Å². The first kappa shape index (κ1) is 17.8. The van der Waals surface area contributed by atoms with Crippen molar-refractivity contribution in [1.29, 1.82) is 0 Å². The van der Waals surface area contributed by atoms with E-state index < -0.39 is 17.7 Å². The highest BCUT2D eigenvalue weighted by Gasteiger charge is 2.28. The summed E-state index contributed by atoms with van der Waals surface area (Å²) < 4.78 is 5.23. The number of amides is 2. The Morgan fingerprint density at radius 1 is 1.10 bits per heavy atom. The summed E-state index contributed by atoms with van der Waals surface area (Å²) in [6, 6.07) is -0.310. The van der Waals surface area contributed by atoms with Crippen LogP contribution in [0.1, 0.15) is 66.7 Å². The minimum atomic E-state index is -0.564. The van der Waals surface area contributed by atoms with Gasteiger partial charge in [0.15, 0.2) is 0 Å². The lowest BCUT2D eigenvalue weighted by atomic mass is 9.94. The highest BCUT2D eigenvalue weighted by molar-refractivity contribution is 5.86. The second-order valence-corrected chi connectivity index (χ2v) is 7.21. The maximum Gasteiger partial charge on any atom is 0.408 e. The van der Waals surface area contributed by atoms with Crippen molar-refractivity contribution < 1.29 is 14.3 Å². The molecule has 2 amide bonds. The molecule has 2 N–H and O–H groups in total. The molecule has 0 saturated heterocycles. The molecule has 1 aliphatic rings. The van der Waals surface area contributed by atoms with Crippen molar-refractivity contribution in [3.8, 4) is 0 Å². The average molecular weight is 298 g/mol. The molecule has 0 aromatic rings. The summed E-state index contributed by atoms with van der Waals surface area (Å²) >= 11 is 0. The molecule has 0 aromatic heterocycles. The number of hydrogen-bond donors (Lipinski definition) is 2. The molecule has 0 radical (unpaired) electrons. The zero-order valence-corrected chi connectivity index (χ0v) is 14.0. The summed E-state index contributed by atoms with van der Waals surface area (Å²) in [7, 11) is 0. The van der Waals surface area contributed by atoms with Gasteiger partial charge in [0.2, 0.25) is 5.91 Å². The van der Waals surface area contributed by atoms with Crippen molar-refractivity contribution in [2.45, 2.75) is 84.4 Å². The molecule has 1 rings (SSSR count). The van der Waals surface area contributed by atoms with E-state index in [-0.39, 0.29) is 17.9 Å². The van der Waals surface area contributed by atoms with Crippen molar-refractivity contribution in [2.75, 3.05) is 0 Å². The number of hydrogen-bond acceptors (Lipinski definition) is 3. The SMILES string of the molecule is CC(C)[C@H](NC(=O)OC(C)(C)C)C(=O)NC1CCCCC1. The highest BCUT2D eigenvalue weighted by atomic mass is 16.6. The Balaban J connectivity index is 2.55. The van der Waals surface area contributed by atoms with Gasteiger partial charge in [-0.05, 0) is 39.5 Å². The first-order chi connectivity index (χ1) is 9.69. The number of alkyl carbamates (subject to hydrolysis) is 1. The van der Waals surface area contributed by atoms with Gasteiger partial charge in [0.05, 0.1) is 0 Å². The van der Waals surface area contributed by atoms with Crippen LogP contribution in [0.2, 0.25) is 0 Å². The standard InChI is InChI=1S/C16H30N2O3/c1-11(2)13(18-15(20)21-16(3,4)5)14(19)17-12-9-7-6-8-10-12/h11-13H,6-10H2,1-5H3,(H,17,19)(H,18,20)/t13-/m0/s1. The van der Waals surface area contributed by atoms with Gasteiger partial charge in [-0.3, -0.25) is 4.79 Å². The van der Waals surface area contributed by atoms with Crippen LogP contribution in [0.15, 0.2) is 0 Å². The molecule has 1 fully saturated rings. The lowest BCUT2D eigenvalue weighted by Crippen LogP contribution is -2.53. The molecule has 0 heterocycles. The predicted molar refractivity (Wildman–Crippen MR) is 83.0 cm³/mol. The second-order valence-electron chi connectivity index (χ2n) is 7.21. The number of rotatable bonds is 4. The Hall–Kier alpha value is -1.26. The van der Waals surface area contributed by atoms with Gasteiger partial charge in [-0.2, -0.15) is 0 Å². The molecule has 0 bridgehead atoms. The van der Waals surface area contributed by atoms with Gasteiger partial charge in [-0.15, -0.1) is 0 Å². The van der Waals surface area contributed by atoms with E-state index in [1.54, 1.807) is 20.8 Å². The van der Waals surface area contributed by atoms with E-state index in [0.717, 1.165) is 25.7 Å². The van der Waals surface area contributed by atoms with E-state index in [4.69, 9.17) is 4.74 Å². The summed E-state index contributed by atoms with van der Waals surface area (Å²) in [6.07, 6.45) is 5.09. The molecule has 1 aliphatic carbocycles. The molecule has 0 spiro atoms. The summed E-state index contributed by atoms with van der Waals surface area (Å²) in [5.41, 5.74) is -0.564. The van der Waals surface area contributed by atoms with Crippen molar-refractivity contribution >= 4 is 12.0 Å². The minimum absolute atomic E-state index is 0.0149. The normalized spacial score (nSPS) is 18.2. The first-order valence-electron chi connectivity index (χ1n) is 7.99. The Morgan fingerprint density at radius 3 is 2.14 bits per heavy atom. The highest BCUT2D eigenvalue weighted by Crippen LogP contribution is 2.18. The maximum absolute atomic E-state index is 12.4. The van der Waals surface area contributed by atoms with E-state index in [1.165, 1.54) is 6.42 Å². The zero-order chi connectivity index (χ0) is 16.0. The molecule has 122 valence electrons. The third-order valence-corrected chi connectivity index (χ3v) is 3.57. The van der Waals surface area contributed by atoms with Crippen molar-refractivity contribution in [1.82, 2.24) is 10.6 Å². The number of nitrogens with one attached hydrogen (secondary N) is 2. The van der Waals surface area contributed by atoms with Crippen LogP contribution in [0, 0.1) is 5.92 Å². The Bertz CT molecular complexity index is 355. The molecule has 0 aliphatic heterocycles. The minimum Gasteiger partial charge on any atom is -0.444 e. The van der Waals surface area contributed by atoms with E-state index in [0.29, 0.717) is 0 Å². The fraction of sp³-hybridized carbons (Fsp3) is 0.875. The van der Waals surface area contributed by atoms with E-state index in [2.05, 4.69) is 10.6 Å². The van der Waals surface area contributed by atoms with Gasteiger partial charge in [0, 0.05) is 6.04 Å². The van der Waals surface area contributed by atoms with Crippen molar-refractivity contribution in [3.05, 3.63) is 0 Å². The molecule has 1 saturated carbocycles. The van der Waals surface area contributed by atoms with Crippen LogP contribution >= 0.6 is 0 Å². The van der Waals surface area contributed by atoms with Crippen LogP contribution in [-0.4, -0.2) is 29.7 Å². The lowest BCUT2D eigenvalue weighted by molar-refractivity contribution is -0.125. The largest absolute Gasteiger partial charge is 0.444 e. The number of carbonyl (C=O) groups excluding carboxylic acids is 2. The maximum atomic E-state index is 12.4. The molecular formula is C16H30N2O3. The van der Waals surface area contributed by atoms with E-state index in [1.807, 2.05) is 13.8 Å². The molecule has 5 heteroatoms. The third kappa shape index (κ3) is 6.82. The summed E-state index contributed by atoms with van der Waals surface area (Å²) in [5.74, 6) is -0.0936. The van der Waals surface area contributed by atoms with Crippen molar-refractivity contribution in [2.24, 2.45) is 5.92 Å². The quantitative estimate of drug-likeness (QED) is 0.838. The van der Waals surface area contributed by atoms with Crippen LogP contribution in [0.3, 0.4) is 0 Å². The van der Waals surface area contributed by atoms with E-state index in [9.17, 15) is 9.59 Å². The Morgan fingerprint density at radius 2 is 1.67 bits per heavy atom. The van der Waals surface area contributed by atoms with Crippen LogP contribution in [0.4, 0.5) is 4.79 Å². The predicted octanol–water partition coefficient (Wildman–Crippen LogP) is 2.98. The Labute approximate surface area is 128 Å². The smallest absolute Gasteiger partial charge is 0.408 e. The molecule has 5 nitrogen and oxygen atoms in total. The lowest BCUT2D eigenvalue weighted by Gasteiger charge is -2.28. The second kappa shape index (κ2) is 7.66. The van der Waals surface area contributed by atoms with Gasteiger partial charge < -0.3 is 15.4 Å². The van der Waals surface area contributed by atoms with Gasteiger partial charge in [-0.1, -0.05) is 33.1 Å². The molecular weight excluding hydrogens is 268 g/mol. The fourth-order valence-corrected chi connectivity index (χ4v) is 2.51. The van der Waals surface area contributed by atoms with Crippen LogP contribution < -0.4 is 10.6 Å². The summed E-state index contributed by atoms with van der Waals surface area (Å²) in [5, 5.41) is 5.75. The number of carbonyl (C=O) groups is 2. The zero-order valence-electron chi connectivity index (χ0n) is 14.0. The Kier molecular flexibility index (Phi) is 6.49. The van der Waals surface area contributed by atoms with Gasteiger partial charge in [-0.25, -0.2) is 4.79 Å². The monoisotopic (exact) mass is 298 g/mol. The first-order valence-corrected chi connectivity index (χ1v) is 7.99. The van der Waals surface area contributed by atoms with Crippen LogP contribution in [-0.2, 0) is 9.53 Å². The molecule has 21 heavy (non-hydrogen) atoms. The van der Waals surface area contributed by atoms with Crippen molar-refractivity contribution in [3.63, 3.8) is 0 Å². The van der Waals surface area contributed by atoms with Crippen LogP contribution in [0.5, 0.6) is 0 Å². The third-order valence-electron chi connectivity index (χ3n) is 3.57. The van der Waals surface area contributed by atoms with E-state index >= 15 is 0 Å². The average Bonchev–Trinajstić information content (AvgIpc) is 2.34. The van der Waals surface area contributed by atoms with Gasteiger partial charge in [0.1, 0.15) is 11.6 Å².